The number of hydrogen-bond donors (Lipinski definition) is 5. The van der Waals surface area contributed by atoms with Gasteiger partial charge in [0, 0.05) is 11.1 Å². The topological polar surface area (TPSA) is 217 Å². The molecule has 11 heteroatoms. The van der Waals surface area contributed by atoms with Crippen LogP contribution in [0.15, 0.2) is 24.3 Å². The van der Waals surface area contributed by atoms with Gasteiger partial charge in [0.2, 0.25) is 0 Å². The lowest BCUT2D eigenvalue weighted by Gasteiger charge is -2.16. The molecule has 1 aliphatic rings. The van der Waals surface area contributed by atoms with Crippen molar-refractivity contribution < 1.29 is 55.8 Å². The van der Waals surface area contributed by atoms with Gasteiger partial charge in [-0.1, -0.05) is 18.2 Å². The first-order chi connectivity index (χ1) is 12.6. The second-order valence-electron chi connectivity index (χ2n) is 5.68. The van der Waals surface area contributed by atoms with Gasteiger partial charge in [-0.15, -0.1) is 0 Å². The Hall–Kier alpha value is -3.02. The standard InChI is InChI=1S/C8H12N2.C8H8O9/c9-5-7-2-1-3-8(4-7)6-10;9-5(10)1-2(6(11)12)4(8(15)16)17-3(1)7(13)14/h1-4H,5-6,9-10H2;1-4H,(H,9,10)(H,11,12)(H,13,14)(H,15,16)/p+1. The molecule has 1 heterocycles. The summed E-state index contributed by atoms with van der Waals surface area (Å²) < 4.78 is 4.41. The first kappa shape index (κ1) is 22.0. The number of rotatable bonds is 6. The molecule has 1 fully saturated rings. The first-order valence-electron chi connectivity index (χ1n) is 7.85. The number of quaternary nitrogens is 2. The zero-order valence-corrected chi connectivity index (χ0v) is 14.2. The highest BCUT2D eigenvalue weighted by Gasteiger charge is 2.55. The van der Waals surface area contributed by atoms with Gasteiger partial charge in [-0.3, -0.25) is 9.59 Å². The summed E-state index contributed by atoms with van der Waals surface area (Å²) in [4.78, 5) is 42.8. The van der Waals surface area contributed by atoms with Crippen molar-refractivity contribution in [2.24, 2.45) is 11.8 Å². The van der Waals surface area contributed by atoms with Gasteiger partial charge in [0.1, 0.15) is 17.9 Å². The predicted molar refractivity (Wildman–Crippen MR) is 83.2 cm³/mol. The molecule has 0 saturated carbocycles. The molecule has 11 nitrogen and oxygen atoms in total. The van der Waals surface area contributed by atoms with Crippen LogP contribution in [0.2, 0.25) is 0 Å². The van der Waals surface area contributed by atoms with E-state index in [0.29, 0.717) is 0 Å². The molecular weight excluding hydrogens is 364 g/mol. The van der Waals surface area contributed by atoms with Crippen molar-refractivity contribution in [2.45, 2.75) is 25.3 Å². The number of carboxylic acids is 4. The van der Waals surface area contributed by atoms with Crippen LogP contribution in [0.1, 0.15) is 11.1 Å². The van der Waals surface area contributed by atoms with Crippen LogP contribution in [-0.2, 0) is 37.0 Å². The number of aliphatic carboxylic acids is 4. The van der Waals surface area contributed by atoms with E-state index in [1.54, 1.807) is 0 Å². The van der Waals surface area contributed by atoms with Crippen molar-refractivity contribution in [3.05, 3.63) is 35.4 Å². The molecule has 0 bridgehead atoms. The lowest BCUT2D eigenvalue weighted by atomic mass is 9.87. The molecule has 0 radical (unpaired) electrons. The molecule has 27 heavy (non-hydrogen) atoms. The van der Waals surface area contributed by atoms with E-state index < -0.39 is 47.9 Å². The Morgan fingerprint density at radius 3 is 1.67 bits per heavy atom. The summed E-state index contributed by atoms with van der Waals surface area (Å²) >= 11 is 0. The summed E-state index contributed by atoms with van der Waals surface area (Å²) in [7, 11) is 0. The quantitative estimate of drug-likeness (QED) is 0.323. The van der Waals surface area contributed by atoms with Crippen LogP contribution in [0.5, 0.6) is 0 Å². The van der Waals surface area contributed by atoms with Gasteiger partial charge in [-0.25, -0.2) is 4.79 Å². The van der Waals surface area contributed by atoms with E-state index in [0.717, 1.165) is 13.1 Å². The maximum absolute atomic E-state index is 10.8. The van der Waals surface area contributed by atoms with Gasteiger partial charge >= 0.3 is 17.9 Å². The Kier molecular flexibility index (Phi) is 7.84. The smallest absolute Gasteiger partial charge is 0.333 e. The summed E-state index contributed by atoms with van der Waals surface area (Å²) in [5.74, 6) is -11.2. The Morgan fingerprint density at radius 2 is 1.33 bits per heavy atom. The highest BCUT2D eigenvalue weighted by molar-refractivity contribution is 5.91. The number of carbonyl (C=O) groups excluding carboxylic acids is 1. The van der Waals surface area contributed by atoms with E-state index in [1.165, 1.54) is 11.1 Å². The molecule has 0 spiro atoms. The monoisotopic (exact) mass is 385 g/mol. The molecule has 2 rings (SSSR count). The summed E-state index contributed by atoms with van der Waals surface area (Å²) in [5.41, 5.74) is 10.2. The van der Waals surface area contributed by atoms with E-state index in [1.807, 2.05) is 0 Å². The highest BCUT2D eigenvalue weighted by atomic mass is 16.6. The number of ether oxygens (including phenoxy) is 1. The number of carbonyl (C=O) groups is 4. The third kappa shape index (κ3) is 5.48. The number of carboxylic acid groups (broad SMARTS) is 4. The average Bonchev–Trinajstić information content (AvgIpc) is 3.04. The molecular formula is C16H21N2O9+. The fraction of sp³-hybridized carbons (Fsp3) is 0.375. The van der Waals surface area contributed by atoms with Crippen LogP contribution in [0.4, 0.5) is 0 Å². The Bertz CT molecular complexity index is 666. The molecule has 4 unspecified atom stereocenters. The van der Waals surface area contributed by atoms with Crippen LogP contribution in [0.3, 0.4) is 0 Å². The van der Waals surface area contributed by atoms with E-state index in [4.69, 9.17) is 15.3 Å². The van der Waals surface area contributed by atoms with Gasteiger partial charge in [-0.2, -0.15) is 0 Å². The van der Waals surface area contributed by atoms with Crippen molar-refractivity contribution in [3.63, 3.8) is 0 Å². The molecule has 4 atom stereocenters. The highest BCUT2D eigenvalue weighted by Crippen LogP contribution is 2.33. The normalized spacial score (nSPS) is 23.8. The van der Waals surface area contributed by atoms with E-state index >= 15 is 0 Å². The molecule has 1 aromatic carbocycles. The van der Waals surface area contributed by atoms with Crippen LogP contribution in [0.25, 0.3) is 0 Å². The third-order valence-electron chi connectivity index (χ3n) is 3.95. The van der Waals surface area contributed by atoms with E-state index in [-0.39, 0.29) is 0 Å². The van der Waals surface area contributed by atoms with Gasteiger partial charge in [0.15, 0.2) is 6.10 Å². The minimum absolute atomic E-state index is 0.869. The molecule has 0 aliphatic carbocycles. The van der Waals surface area contributed by atoms with Crippen LogP contribution in [-0.4, -0.2) is 51.4 Å². The molecule has 148 valence electrons. The summed E-state index contributed by atoms with van der Waals surface area (Å²) in [6, 6.07) is 8.39. The summed E-state index contributed by atoms with van der Waals surface area (Å²) in [6.45, 7) is 1.74. The van der Waals surface area contributed by atoms with Crippen molar-refractivity contribution in [3.8, 4) is 0 Å². The van der Waals surface area contributed by atoms with Crippen LogP contribution < -0.4 is 16.6 Å². The Balaban J connectivity index is 0.000000309. The summed E-state index contributed by atoms with van der Waals surface area (Å²) in [5, 5.41) is 36.7. The molecule has 0 amide bonds. The lowest BCUT2D eigenvalue weighted by molar-refractivity contribution is -0.388. The first-order valence-corrected chi connectivity index (χ1v) is 7.85. The van der Waals surface area contributed by atoms with Gasteiger partial charge < -0.3 is 41.4 Å². The van der Waals surface area contributed by atoms with Crippen molar-refractivity contribution in [1.82, 2.24) is 0 Å². The Labute approximate surface area is 153 Å². The van der Waals surface area contributed by atoms with Gasteiger partial charge in [0.05, 0.1) is 19.1 Å². The third-order valence-corrected chi connectivity index (χ3v) is 3.95. The van der Waals surface area contributed by atoms with Crippen molar-refractivity contribution in [1.29, 1.82) is 0 Å². The minimum atomic E-state index is -2.10. The second kappa shape index (κ2) is 9.62. The zero-order chi connectivity index (χ0) is 20.7. The molecule has 0 aromatic heterocycles. The van der Waals surface area contributed by atoms with E-state index in [2.05, 4.69) is 40.5 Å². The maximum atomic E-state index is 10.8. The van der Waals surface area contributed by atoms with E-state index in [9.17, 15) is 24.3 Å². The number of hydrogen-bond acceptors (Lipinski definition) is 6. The number of benzene rings is 1. The molecule has 1 aromatic rings. The van der Waals surface area contributed by atoms with Crippen LogP contribution >= 0.6 is 0 Å². The van der Waals surface area contributed by atoms with Crippen molar-refractivity contribution >= 4 is 23.9 Å². The molecule has 1 aliphatic heterocycles. The fourth-order valence-electron chi connectivity index (χ4n) is 2.62. The minimum Gasteiger partial charge on any atom is -0.547 e. The predicted octanol–water partition coefficient (Wildman–Crippen LogP) is -3.84. The van der Waals surface area contributed by atoms with Crippen molar-refractivity contribution in [2.75, 3.05) is 0 Å². The van der Waals surface area contributed by atoms with Crippen LogP contribution in [0, 0.1) is 11.8 Å². The molecule has 1 saturated heterocycles. The zero-order valence-electron chi connectivity index (χ0n) is 14.2. The maximum Gasteiger partial charge on any atom is 0.333 e. The lowest BCUT2D eigenvalue weighted by Crippen LogP contribution is -2.48. The van der Waals surface area contributed by atoms with Gasteiger partial charge in [-0.05, 0) is 6.07 Å². The average molecular weight is 385 g/mol. The SMILES string of the molecule is O=C([O-])C1OC(C(=O)O)C(C(=O)O)C1C(=O)O.[NH3+]Cc1cccc(C[NH3+])c1. The summed E-state index contributed by atoms with van der Waals surface area (Å²) in [6.07, 6.45) is -4.13. The fourth-order valence-corrected chi connectivity index (χ4v) is 2.62. The molecule has 9 N–H and O–H groups in total. The second-order valence-corrected chi connectivity index (χ2v) is 5.68. The largest absolute Gasteiger partial charge is 0.547 e. The van der Waals surface area contributed by atoms with Gasteiger partial charge in [0.25, 0.3) is 0 Å². The Morgan fingerprint density at radius 1 is 0.889 bits per heavy atom.